The highest BCUT2D eigenvalue weighted by molar-refractivity contribution is 7.81. The number of thiol groups is 1. The van der Waals surface area contributed by atoms with Crippen LogP contribution in [0.4, 0.5) is 0 Å². The predicted octanol–water partition coefficient (Wildman–Crippen LogP) is 7.65. The van der Waals surface area contributed by atoms with Gasteiger partial charge in [-0.3, -0.25) is 9.59 Å². The summed E-state index contributed by atoms with van der Waals surface area (Å²) < 4.78 is 0. The molecule has 1 atom stereocenters. The minimum absolute atomic E-state index is 0.282. The summed E-state index contributed by atoms with van der Waals surface area (Å²) in [6.45, 7) is 0. The Morgan fingerprint density at radius 2 is 0.935 bits per heavy atom. The van der Waals surface area contributed by atoms with Crippen LogP contribution in [0.3, 0.4) is 0 Å². The largest absolute Gasteiger partial charge is 0.481 e. The fourth-order valence-electron chi connectivity index (χ4n) is 3.64. The number of rotatable bonds is 22. The average molecular weight is 455 g/mol. The Morgan fingerprint density at radius 3 is 1.32 bits per heavy atom. The molecular formula is C26H46O4S. The van der Waals surface area contributed by atoms with Crippen LogP contribution in [0.25, 0.3) is 0 Å². The molecule has 0 radical (unpaired) electrons. The van der Waals surface area contributed by atoms with E-state index in [1.807, 2.05) is 0 Å². The zero-order valence-electron chi connectivity index (χ0n) is 19.6. The van der Waals surface area contributed by atoms with E-state index in [2.05, 4.69) is 24.5 Å². The zero-order chi connectivity index (χ0) is 23.0. The van der Waals surface area contributed by atoms with Crippen LogP contribution in [0.2, 0.25) is 0 Å². The molecule has 0 amide bonds. The molecule has 0 heterocycles. The quantitative estimate of drug-likeness (QED) is 0.0892. The molecule has 0 aromatic heterocycles. The molecule has 0 aromatic carbocycles. The number of unbranched alkanes of at least 4 members (excludes halogenated alkanes) is 17. The standard InChI is InChI=1S/C26H46O4S/c27-25(28)23-21-19-17-15-13-11-9-7-5-3-1-2-4-6-8-10-12-14-16-18-20-22-24(31)26(29)30/h24,31H,1-10,12,14-23H2,(H,27,28)(H,29,30). The molecule has 0 saturated carbocycles. The van der Waals surface area contributed by atoms with Gasteiger partial charge in [0.05, 0.1) is 5.25 Å². The first-order chi connectivity index (χ1) is 15.0. The number of hydrogen-bond donors (Lipinski definition) is 3. The lowest BCUT2D eigenvalue weighted by Gasteiger charge is -2.05. The Kier molecular flexibility index (Phi) is 22.6. The van der Waals surface area contributed by atoms with E-state index < -0.39 is 17.2 Å². The Bertz CT molecular complexity index is 495. The van der Waals surface area contributed by atoms with Crippen LogP contribution in [0.15, 0.2) is 0 Å². The lowest BCUT2D eigenvalue weighted by Crippen LogP contribution is -2.12. The predicted molar refractivity (Wildman–Crippen MR) is 133 cm³/mol. The fourth-order valence-corrected chi connectivity index (χ4v) is 3.82. The van der Waals surface area contributed by atoms with E-state index in [9.17, 15) is 9.59 Å². The maximum Gasteiger partial charge on any atom is 0.316 e. The molecule has 0 aliphatic heterocycles. The number of hydrogen-bond acceptors (Lipinski definition) is 3. The molecule has 0 saturated heterocycles. The van der Waals surface area contributed by atoms with E-state index in [1.165, 1.54) is 77.0 Å². The number of carboxylic acids is 2. The number of carbonyl (C=O) groups is 2. The summed E-state index contributed by atoms with van der Waals surface area (Å²) in [5.74, 6) is 4.96. The van der Waals surface area contributed by atoms with E-state index in [0.717, 1.165) is 44.9 Å². The highest BCUT2D eigenvalue weighted by atomic mass is 32.1. The van der Waals surface area contributed by atoms with Gasteiger partial charge in [0.2, 0.25) is 0 Å². The van der Waals surface area contributed by atoms with E-state index in [4.69, 9.17) is 10.2 Å². The highest BCUT2D eigenvalue weighted by Gasteiger charge is 2.10. The van der Waals surface area contributed by atoms with Gasteiger partial charge < -0.3 is 10.2 Å². The first-order valence-electron chi connectivity index (χ1n) is 12.6. The normalized spacial score (nSPS) is 11.6. The van der Waals surface area contributed by atoms with Crippen molar-refractivity contribution in [2.45, 2.75) is 140 Å². The SMILES string of the molecule is O=C(O)CCCCCC#CCCCCCCCCCCCCCCCCC(S)C(=O)O. The summed E-state index contributed by atoms with van der Waals surface area (Å²) in [4.78, 5) is 21.1. The van der Waals surface area contributed by atoms with Crippen LogP contribution in [0, 0.1) is 11.8 Å². The molecule has 4 nitrogen and oxygen atoms in total. The number of aliphatic carboxylic acids is 2. The maximum atomic E-state index is 10.7. The van der Waals surface area contributed by atoms with Crippen LogP contribution < -0.4 is 0 Å². The topological polar surface area (TPSA) is 74.6 Å². The average Bonchev–Trinajstić information content (AvgIpc) is 2.73. The van der Waals surface area contributed by atoms with Gasteiger partial charge in [-0.15, -0.1) is 11.8 Å². The molecule has 5 heteroatoms. The first-order valence-corrected chi connectivity index (χ1v) is 13.1. The number of carboxylic acid groups (broad SMARTS) is 2. The summed E-state index contributed by atoms with van der Waals surface area (Å²) in [5.41, 5.74) is 0. The zero-order valence-corrected chi connectivity index (χ0v) is 20.5. The van der Waals surface area contributed by atoms with Crippen molar-refractivity contribution < 1.29 is 19.8 Å². The molecule has 0 aromatic rings. The minimum atomic E-state index is -0.799. The summed E-state index contributed by atoms with van der Waals surface area (Å²) in [5, 5.41) is 16.8. The lowest BCUT2D eigenvalue weighted by molar-refractivity contribution is -0.137. The smallest absolute Gasteiger partial charge is 0.316 e. The van der Waals surface area contributed by atoms with Crippen LogP contribution in [-0.2, 0) is 9.59 Å². The van der Waals surface area contributed by atoms with Crippen molar-refractivity contribution in [1.82, 2.24) is 0 Å². The Labute approximate surface area is 196 Å². The van der Waals surface area contributed by atoms with E-state index in [1.54, 1.807) is 0 Å². The van der Waals surface area contributed by atoms with Gasteiger partial charge in [0.1, 0.15) is 0 Å². The third-order valence-electron chi connectivity index (χ3n) is 5.63. The second-order valence-electron chi connectivity index (χ2n) is 8.65. The summed E-state index contributed by atoms with van der Waals surface area (Å²) in [7, 11) is 0. The van der Waals surface area contributed by atoms with Crippen LogP contribution >= 0.6 is 12.6 Å². The van der Waals surface area contributed by atoms with Crippen molar-refractivity contribution in [2.24, 2.45) is 0 Å². The van der Waals surface area contributed by atoms with E-state index in [0.29, 0.717) is 6.42 Å². The lowest BCUT2D eigenvalue weighted by atomic mass is 10.0. The third-order valence-corrected chi connectivity index (χ3v) is 6.11. The van der Waals surface area contributed by atoms with Gasteiger partial charge in [-0.1, -0.05) is 89.9 Å². The molecule has 0 aliphatic rings. The summed E-state index contributed by atoms with van der Waals surface area (Å²) in [6, 6.07) is 0. The van der Waals surface area contributed by atoms with Crippen LogP contribution in [0.1, 0.15) is 135 Å². The molecule has 0 aliphatic carbocycles. The molecule has 0 rings (SSSR count). The van der Waals surface area contributed by atoms with Gasteiger partial charge in [-0.05, 0) is 25.7 Å². The van der Waals surface area contributed by atoms with Crippen molar-refractivity contribution in [3.63, 3.8) is 0 Å². The van der Waals surface area contributed by atoms with Crippen molar-refractivity contribution in [2.75, 3.05) is 0 Å². The molecule has 1 unspecified atom stereocenters. The highest BCUT2D eigenvalue weighted by Crippen LogP contribution is 2.15. The molecule has 2 N–H and O–H groups in total. The van der Waals surface area contributed by atoms with Gasteiger partial charge in [0.25, 0.3) is 0 Å². The molecule has 180 valence electrons. The Balaban J connectivity index is 3.15. The maximum absolute atomic E-state index is 10.7. The van der Waals surface area contributed by atoms with E-state index >= 15 is 0 Å². The van der Waals surface area contributed by atoms with Crippen molar-refractivity contribution in [3.05, 3.63) is 0 Å². The minimum Gasteiger partial charge on any atom is -0.481 e. The van der Waals surface area contributed by atoms with Crippen molar-refractivity contribution in [3.8, 4) is 11.8 Å². The second kappa shape index (κ2) is 23.5. The van der Waals surface area contributed by atoms with Crippen LogP contribution in [-0.4, -0.2) is 27.4 Å². The van der Waals surface area contributed by atoms with Crippen LogP contribution in [0.5, 0.6) is 0 Å². The monoisotopic (exact) mass is 454 g/mol. The summed E-state index contributed by atoms with van der Waals surface area (Å²) >= 11 is 4.06. The summed E-state index contributed by atoms with van der Waals surface area (Å²) in [6.07, 6.45) is 23.5. The van der Waals surface area contributed by atoms with Gasteiger partial charge in [-0.25, -0.2) is 0 Å². The van der Waals surface area contributed by atoms with Gasteiger partial charge in [0.15, 0.2) is 0 Å². The van der Waals surface area contributed by atoms with Crippen molar-refractivity contribution >= 4 is 24.6 Å². The molecule has 31 heavy (non-hydrogen) atoms. The molecule has 0 bridgehead atoms. The first kappa shape index (κ1) is 29.9. The second-order valence-corrected chi connectivity index (χ2v) is 9.27. The Hall–Kier alpha value is -1.15. The van der Waals surface area contributed by atoms with Gasteiger partial charge in [0, 0.05) is 19.3 Å². The molecule has 0 spiro atoms. The Morgan fingerprint density at radius 1 is 0.581 bits per heavy atom. The molecule has 0 fully saturated rings. The van der Waals surface area contributed by atoms with E-state index in [-0.39, 0.29) is 6.42 Å². The fraction of sp³-hybridized carbons (Fsp3) is 0.846. The van der Waals surface area contributed by atoms with Gasteiger partial charge >= 0.3 is 11.9 Å². The van der Waals surface area contributed by atoms with Crippen molar-refractivity contribution in [1.29, 1.82) is 0 Å². The molecular weight excluding hydrogens is 408 g/mol. The van der Waals surface area contributed by atoms with Gasteiger partial charge in [-0.2, -0.15) is 12.6 Å². The third kappa shape index (κ3) is 25.0.